The van der Waals surface area contributed by atoms with Gasteiger partial charge in [0.25, 0.3) is 0 Å². The molecule has 0 aliphatic heterocycles. The standard InChI is InChI=1S/C9H6F5O/c1-2-15-9(13,14)5-3-4-6(10)8(12)7(5)11/h3-4H,1-2H2. The quantitative estimate of drug-likeness (QED) is 0.567. The highest BCUT2D eigenvalue weighted by Crippen LogP contribution is 2.32. The molecule has 83 valence electrons. The minimum Gasteiger partial charge on any atom is -0.316 e. The average molecular weight is 225 g/mol. The summed E-state index contributed by atoms with van der Waals surface area (Å²) in [7, 11) is 0. The summed E-state index contributed by atoms with van der Waals surface area (Å²) in [5.41, 5.74) is -1.36. The van der Waals surface area contributed by atoms with Gasteiger partial charge in [-0.1, -0.05) is 0 Å². The maximum Gasteiger partial charge on any atom is 0.386 e. The minimum atomic E-state index is -4.03. The van der Waals surface area contributed by atoms with Crippen LogP contribution in [0.4, 0.5) is 22.0 Å². The number of hydrogen-bond acceptors (Lipinski definition) is 1. The molecule has 0 unspecified atom stereocenters. The van der Waals surface area contributed by atoms with Crippen molar-refractivity contribution in [2.24, 2.45) is 0 Å². The molecule has 0 saturated heterocycles. The molecular formula is C9H6F5O. The molecule has 1 nitrogen and oxygen atoms in total. The van der Waals surface area contributed by atoms with Crippen LogP contribution in [0.2, 0.25) is 0 Å². The third kappa shape index (κ3) is 2.26. The first kappa shape index (κ1) is 11.9. The molecule has 0 atom stereocenters. The van der Waals surface area contributed by atoms with Crippen molar-refractivity contribution in [3.8, 4) is 0 Å². The van der Waals surface area contributed by atoms with E-state index >= 15 is 0 Å². The molecule has 0 bridgehead atoms. The van der Waals surface area contributed by atoms with Crippen LogP contribution in [0.5, 0.6) is 0 Å². The van der Waals surface area contributed by atoms with Gasteiger partial charge in [0.1, 0.15) is 0 Å². The lowest BCUT2D eigenvalue weighted by molar-refractivity contribution is -0.244. The molecule has 0 spiro atoms. The fourth-order valence-electron chi connectivity index (χ4n) is 0.957. The molecule has 1 radical (unpaired) electrons. The zero-order chi connectivity index (χ0) is 11.6. The first-order valence-electron chi connectivity index (χ1n) is 3.85. The molecule has 15 heavy (non-hydrogen) atoms. The van der Waals surface area contributed by atoms with E-state index in [1.165, 1.54) is 0 Å². The summed E-state index contributed by atoms with van der Waals surface area (Å²) in [6.07, 6.45) is -4.03. The molecule has 0 heterocycles. The van der Waals surface area contributed by atoms with Gasteiger partial charge in [0.2, 0.25) is 0 Å². The van der Waals surface area contributed by atoms with Gasteiger partial charge in [0.05, 0.1) is 12.2 Å². The van der Waals surface area contributed by atoms with Crippen LogP contribution in [-0.2, 0) is 10.8 Å². The molecule has 6 heteroatoms. The Kier molecular flexibility index (Phi) is 3.28. The van der Waals surface area contributed by atoms with Crippen molar-refractivity contribution in [1.82, 2.24) is 0 Å². The van der Waals surface area contributed by atoms with Crippen LogP contribution in [0.15, 0.2) is 12.1 Å². The van der Waals surface area contributed by atoms with Crippen LogP contribution in [0.25, 0.3) is 0 Å². The summed E-state index contributed by atoms with van der Waals surface area (Å²) in [4.78, 5) is 0. The monoisotopic (exact) mass is 225 g/mol. The van der Waals surface area contributed by atoms with Crippen molar-refractivity contribution >= 4 is 0 Å². The fourth-order valence-corrected chi connectivity index (χ4v) is 0.957. The SMILES string of the molecule is [CH2]COC(F)(F)c1ccc(F)c(F)c1F. The van der Waals surface area contributed by atoms with Crippen molar-refractivity contribution in [2.75, 3.05) is 6.61 Å². The van der Waals surface area contributed by atoms with E-state index in [0.717, 1.165) is 0 Å². The normalized spacial score (nSPS) is 11.9. The molecule has 0 saturated carbocycles. The lowest BCUT2D eigenvalue weighted by Gasteiger charge is -2.16. The lowest BCUT2D eigenvalue weighted by atomic mass is 10.2. The van der Waals surface area contributed by atoms with Crippen molar-refractivity contribution < 1.29 is 26.7 Å². The van der Waals surface area contributed by atoms with E-state index < -0.39 is 35.7 Å². The number of benzene rings is 1. The maximum atomic E-state index is 12.9. The van der Waals surface area contributed by atoms with E-state index in [9.17, 15) is 22.0 Å². The van der Waals surface area contributed by atoms with E-state index in [1.54, 1.807) is 0 Å². The molecule has 0 aliphatic rings. The van der Waals surface area contributed by atoms with Crippen LogP contribution in [0, 0.1) is 24.4 Å². The Labute approximate surface area is 82.5 Å². The van der Waals surface area contributed by atoms with Crippen molar-refractivity contribution in [3.05, 3.63) is 42.1 Å². The summed E-state index contributed by atoms with van der Waals surface area (Å²) in [6, 6.07) is 0.817. The van der Waals surface area contributed by atoms with Crippen LogP contribution in [0.3, 0.4) is 0 Å². The Hall–Kier alpha value is -1.17. The molecule has 0 aliphatic carbocycles. The summed E-state index contributed by atoms with van der Waals surface area (Å²) < 4.78 is 67.6. The van der Waals surface area contributed by atoms with Gasteiger partial charge >= 0.3 is 6.11 Å². The second-order valence-electron chi connectivity index (χ2n) is 2.59. The highest BCUT2D eigenvalue weighted by atomic mass is 19.3. The first-order valence-corrected chi connectivity index (χ1v) is 3.85. The Morgan fingerprint density at radius 2 is 1.73 bits per heavy atom. The van der Waals surface area contributed by atoms with Gasteiger partial charge in [0.15, 0.2) is 17.5 Å². The van der Waals surface area contributed by atoms with Gasteiger partial charge in [-0.25, -0.2) is 13.2 Å². The molecular weight excluding hydrogens is 219 g/mol. The molecule has 1 rings (SSSR count). The largest absolute Gasteiger partial charge is 0.386 e. The predicted octanol–water partition coefficient (Wildman–Crippen LogP) is 3.00. The van der Waals surface area contributed by atoms with Gasteiger partial charge in [-0.2, -0.15) is 8.78 Å². The highest BCUT2D eigenvalue weighted by Gasteiger charge is 2.37. The van der Waals surface area contributed by atoms with Gasteiger partial charge in [-0.05, 0) is 19.1 Å². The van der Waals surface area contributed by atoms with Crippen LogP contribution in [0.1, 0.15) is 5.56 Å². The molecule has 0 amide bonds. The summed E-state index contributed by atoms with van der Waals surface area (Å²) in [5.74, 6) is -5.46. The Balaban J connectivity index is 3.21. The zero-order valence-electron chi connectivity index (χ0n) is 7.37. The first-order chi connectivity index (χ1) is 6.90. The minimum absolute atomic E-state index is 0.397. The topological polar surface area (TPSA) is 9.23 Å². The lowest BCUT2D eigenvalue weighted by Crippen LogP contribution is -2.20. The van der Waals surface area contributed by atoms with Gasteiger partial charge in [0, 0.05) is 0 Å². The van der Waals surface area contributed by atoms with Gasteiger partial charge in [-0.15, -0.1) is 0 Å². The smallest absolute Gasteiger partial charge is 0.316 e. The molecule has 0 fully saturated rings. The highest BCUT2D eigenvalue weighted by molar-refractivity contribution is 5.23. The van der Waals surface area contributed by atoms with Crippen LogP contribution < -0.4 is 0 Å². The predicted molar refractivity (Wildman–Crippen MR) is 41.5 cm³/mol. The Morgan fingerprint density at radius 1 is 1.13 bits per heavy atom. The van der Waals surface area contributed by atoms with E-state index in [0.29, 0.717) is 12.1 Å². The average Bonchev–Trinajstić information content (AvgIpc) is 2.13. The van der Waals surface area contributed by atoms with Crippen LogP contribution in [-0.4, -0.2) is 6.61 Å². The molecule has 1 aromatic carbocycles. The number of halogens is 5. The Morgan fingerprint density at radius 3 is 2.27 bits per heavy atom. The molecule has 0 aromatic heterocycles. The van der Waals surface area contributed by atoms with E-state index in [-0.39, 0.29) is 0 Å². The molecule has 0 N–H and O–H groups in total. The number of hydrogen-bond donors (Lipinski definition) is 0. The third-order valence-corrected chi connectivity index (χ3v) is 1.63. The summed E-state index contributed by atoms with van der Waals surface area (Å²) in [6.45, 7) is 2.34. The van der Waals surface area contributed by atoms with E-state index in [2.05, 4.69) is 11.7 Å². The summed E-state index contributed by atoms with van der Waals surface area (Å²) >= 11 is 0. The zero-order valence-corrected chi connectivity index (χ0v) is 7.37. The van der Waals surface area contributed by atoms with Crippen molar-refractivity contribution in [2.45, 2.75) is 6.11 Å². The number of rotatable bonds is 3. The van der Waals surface area contributed by atoms with Crippen molar-refractivity contribution in [3.63, 3.8) is 0 Å². The maximum absolute atomic E-state index is 12.9. The van der Waals surface area contributed by atoms with Crippen molar-refractivity contribution in [1.29, 1.82) is 0 Å². The third-order valence-electron chi connectivity index (χ3n) is 1.63. The van der Waals surface area contributed by atoms with E-state index in [1.807, 2.05) is 0 Å². The second kappa shape index (κ2) is 4.14. The molecule has 1 aromatic rings. The van der Waals surface area contributed by atoms with Gasteiger partial charge < -0.3 is 4.74 Å². The number of ether oxygens (including phenoxy) is 1. The van der Waals surface area contributed by atoms with E-state index in [4.69, 9.17) is 0 Å². The van der Waals surface area contributed by atoms with Crippen LogP contribution >= 0.6 is 0 Å². The summed E-state index contributed by atoms with van der Waals surface area (Å²) in [5, 5.41) is 0. The number of alkyl halides is 2. The Bertz CT molecular complexity index is 364. The fraction of sp³-hybridized carbons (Fsp3) is 0.222. The second-order valence-corrected chi connectivity index (χ2v) is 2.59. The van der Waals surface area contributed by atoms with Gasteiger partial charge in [-0.3, -0.25) is 0 Å².